The van der Waals surface area contributed by atoms with Gasteiger partial charge in [0, 0.05) is 5.38 Å². The minimum absolute atomic E-state index is 0.0623. The molecule has 1 fully saturated rings. The van der Waals surface area contributed by atoms with E-state index in [9.17, 15) is 9.59 Å². The van der Waals surface area contributed by atoms with Crippen LogP contribution in [0.1, 0.15) is 45.3 Å². The fourth-order valence-electron chi connectivity index (χ4n) is 2.73. The molecule has 2 rings (SSSR count). The number of thiazole rings is 1. The number of rotatable bonds is 2. The lowest BCUT2D eigenvalue weighted by molar-refractivity contribution is -0.158. The van der Waals surface area contributed by atoms with E-state index in [0.717, 1.165) is 10.7 Å². The number of aryl methyl sites for hydroxylation is 1. The highest BCUT2D eigenvalue weighted by Gasteiger charge is 2.49. The SMILES string of the molecule is Cc1nc(CN2C(=O)C(C)(C)NC(=O)C2C(C)(C)C)cs1. The van der Waals surface area contributed by atoms with Crippen LogP contribution in [0.25, 0.3) is 0 Å². The van der Waals surface area contributed by atoms with Crippen molar-refractivity contribution in [1.82, 2.24) is 15.2 Å². The maximum atomic E-state index is 12.7. The molecular weight excluding hydrogens is 286 g/mol. The first-order chi connectivity index (χ1) is 9.52. The number of carbonyl (C=O) groups excluding carboxylic acids is 2. The van der Waals surface area contributed by atoms with E-state index in [2.05, 4.69) is 10.3 Å². The summed E-state index contributed by atoms with van der Waals surface area (Å²) >= 11 is 1.55. The molecule has 1 aliphatic rings. The average Bonchev–Trinajstić information content (AvgIpc) is 2.69. The molecule has 1 aromatic heterocycles. The van der Waals surface area contributed by atoms with Crippen LogP contribution in [-0.4, -0.2) is 33.3 Å². The van der Waals surface area contributed by atoms with E-state index in [4.69, 9.17) is 0 Å². The van der Waals surface area contributed by atoms with Crippen LogP contribution >= 0.6 is 11.3 Å². The van der Waals surface area contributed by atoms with Gasteiger partial charge in [-0.2, -0.15) is 0 Å². The molecule has 0 aliphatic carbocycles. The molecule has 2 amide bonds. The Hall–Kier alpha value is -1.43. The predicted molar refractivity (Wildman–Crippen MR) is 82.9 cm³/mol. The monoisotopic (exact) mass is 309 g/mol. The molecule has 1 saturated heterocycles. The summed E-state index contributed by atoms with van der Waals surface area (Å²) in [6.07, 6.45) is 0. The van der Waals surface area contributed by atoms with Gasteiger partial charge in [-0.3, -0.25) is 9.59 Å². The van der Waals surface area contributed by atoms with Crippen molar-refractivity contribution in [2.45, 2.75) is 59.7 Å². The van der Waals surface area contributed by atoms with Crippen molar-refractivity contribution in [3.8, 4) is 0 Å². The Kier molecular flexibility index (Phi) is 3.86. The first kappa shape index (κ1) is 15.9. The molecule has 1 aromatic rings. The van der Waals surface area contributed by atoms with Crippen LogP contribution in [0.2, 0.25) is 0 Å². The lowest BCUT2D eigenvalue weighted by atomic mass is 9.81. The normalized spacial score (nSPS) is 22.4. The van der Waals surface area contributed by atoms with Gasteiger partial charge in [0.2, 0.25) is 11.8 Å². The highest BCUT2D eigenvalue weighted by molar-refractivity contribution is 7.09. The Morgan fingerprint density at radius 1 is 1.38 bits per heavy atom. The molecule has 0 spiro atoms. The highest BCUT2D eigenvalue weighted by Crippen LogP contribution is 2.31. The number of aromatic nitrogens is 1. The second kappa shape index (κ2) is 5.09. The molecule has 1 N–H and O–H groups in total. The molecule has 116 valence electrons. The molecule has 6 heteroatoms. The van der Waals surface area contributed by atoms with Gasteiger partial charge >= 0.3 is 0 Å². The molecule has 0 radical (unpaired) electrons. The van der Waals surface area contributed by atoms with E-state index in [1.807, 2.05) is 33.1 Å². The van der Waals surface area contributed by atoms with Gasteiger partial charge in [-0.1, -0.05) is 20.8 Å². The minimum atomic E-state index is -0.871. The molecule has 21 heavy (non-hydrogen) atoms. The predicted octanol–water partition coefficient (Wildman–Crippen LogP) is 2.10. The Bertz CT molecular complexity index is 572. The average molecular weight is 309 g/mol. The minimum Gasteiger partial charge on any atom is -0.340 e. The molecule has 5 nitrogen and oxygen atoms in total. The summed E-state index contributed by atoms with van der Waals surface area (Å²) in [5, 5.41) is 5.74. The summed E-state index contributed by atoms with van der Waals surface area (Å²) in [5.41, 5.74) is -0.365. The molecule has 0 aromatic carbocycles. The third kappa shape index (κ3) is 3.10. The fraction of sp³-hybridized carbons (Fsp3) is 0.667. The summed E-state index contributed by atoms with van der Waals surface area (Å²) in [6, 6.07) is -0.486. The second-order valence-corrected chi connectivity index (χ2v) is 8.24. The van der Waals surface area contributed by atoms with E-state index < -0.39 is 11.6 Å². The van der Waals surface area contributed by atoms with Gasteiger partial charge in [0.25, 0.3) is 0 Å². The van der Waals surface area contributed by atoms with Crippen molar-refractivity contribution in [2.24, 2.45) is 5.41 Å². The number of amides is 2. The number of carbonyl (C=O) groups is 2. The number of hydrogen-bond acceptors (Lipinski definition) is 4. The van der Waals surface area contributed by atoms with Crippen molar-refractivity contribution in [3.05, 3.63) is 16.1 Å². The molecule has 1 unspecified atom stereocenters. The Morgan fingerprint density at radius 3 is 2.48 bits per heavy atom. The first-order valence-corrected chi connectivity index (χ1v) is 7.94. The third-order valence-corrected chi connectivity index (χ3v) is 4.43. The summed E-state index contributed by atoms with van der Waals surface area (Å²) in [4.78, 5) is 31.3. The van der Waals surface area contributed by atoms with Gasteiger partial charge in [-0.05, 0) is 26.2 Å². The van der Waals surface area contributed by atoms with Crippen LogP contribution in [0.15, 0.2) is 5.38 Å². The summed E-state index contributed by atoms with van der Waals surface area (Å²) in [5.74, 6) is -0.160. The van der Waals surface area contributed by atoms with Crippen molar-refractivity contribution < 1.29 is 9.59 Å². The number of hydrogen-bond donors (Lipinski definition) is 1. The molecule has 0 bridgehead atoms. The van der Waals surface area contributed by atoms with Gasteiger partial charge < -0.3 is 10.2 Å². The highest BCUT2D eigenvalue weighted by atomic mass is 32.1. The summed E-state index contributed by atoms with van der Waals surface area (Å²) in [6.45, 7) is 11.7. The van der Waals surface area contributed by atoms with Gasteiger partial charge in [-0.15, -0.1) is 11.3 Å². The summed E-state index contributed by atoms with van der Waals surface area (Å²) < 4.78 is 0. The number of nitrogens with zero attached hydrogens (tertiary/aromatic N) is 2. The fourth-order valence-corrected chi connectivity index (χ4v) is 3.33. The number of piperazine rings is 1. The van der Waals surface area contributed by atoms with Gasteiger partial charge in [0.15, 0.2) is 0 Å². The third-order valence-electron chi connectivity index (χ3n) is 3.61. The topological polar surface area (TPSA) is 62.3 Å². The van der Waals surface area contributed by atoms with Crippen molar-refractivity contribution >= 4 is 23.2 Å². The van der Waals surface area contributed by atoms with Crippen molar-refractivity contribution in [1.29, 1.82) is 0 Å². The van der Waals surface area contributed by atoms with Gasteiger partial charge in [0.05, 0.1) is 17.2 Å². The van der Waals surface area contributed by atoms with E-state index in [1.165, 1.54) is 0 Å². The molecule has 2 heterocycles. The van der Waals surface area contributed by atoms with Gasteiger partial charge in [0.1, 0.15) is 11.6 Å². The zero-order valence-corrected chi connectivity index (χ0v) is 14.3. The maximum absolute atomic E-state index is 12.7. The smallest absolute Gasteiger partial charge is 0.248 e. The molecule has 0 saturated carbocycles. The van der Waals surface area contributed by atoms with Gasteiger partial charge in [-0.25, -0.2) is 4.98 Å². The van der Waals surface area contributed by atoms with E-state index in [1.54, 1.807) is 30.1 Å². The van der Waals surface area contributed by atoms with Crippen LogP contribution in [0.4, 0.5) is 0 Å². The van der Waals surface area contributed by atoms with E-state index >= 15 is 0 Å². The van der Waals surface area contributed by atoms with Crippen LogP contribution in [0.3, 0.4) is 0 Å². The zero-order chi connectivity index (χ0) is 16.0. The quantitative estimate of drug-likeness (QED) is 0.910. The largest absolute Gasteiger partial charge is 0.340 e. The van der Waals surface area contributed by atoms with E-state index in [0.29, 0.717) is 6.54 Å². The second-order valence-electron chi connectivity index (χ2n) is 7.17. The number of nitrogens with one attached hydrogen (secondary N) is 1. The lowest BCUT2D eigenvalue weighted by Gasteiger charge is -2.47. The standard InChI is InChI=1S/C15H23N3O2S/c1-9-16-10(8-21-9)7-18-11(14(2,3)4)12(19)17-15(5,6)13(18)20/h8,11H,7H2,1-6H3,(H,17,19). The first-order valence-electron chi connectivity index (χ1n) is 7.06. The Labute approximate surface area is 129 Å². The maximum Gasteiger partial charge on any atom is 0.248 e. The zero-order valence-electron chi connectivity index (χ0n) is 13.5. The molecular formula is C15H23N3O2S. The lowest BCUT2D eigenvalue weighted by Crippen LogP contribution is -2.70. The van der Waals surface area contributed by atoms with Crippen molar-refractivity contribution in [2.75, 3.05) is 0 Å². The van der Waals surface area contributed by atoms with Crippen LogP contribution < -0.4 is 5.32 Å². The Morgan fingerprint density at radius 2 is 2.00 bits per heavy atom. The Balaban J connectivity index is 2.38. The molecule has 1 aliphatic heterocycles. The van der Waals surface area contributed by atoms with Crippen LogP contribution in [0, 0.1) is 12.3 Å². The molecule has 1 atom stereocenters. The van der Waals surface area contributed by atoms with Crippen molar-refractivity contribution in [3.63, 3.8) is 0 Å². The van der Waals surface area contributed by atoms with E-state index in [-0.39, 0.29) is 17.2 Å². The van der Waals surface area contributed by atoms with Crippen LogP contribution in [-0.2, 0) is 16.1 Å². The summed E-state index contributed by atoms with van der Waals surface area (Å²) in [7, 11) is 0. The van der Waals surface area contributed by atoms with Crippen LogP contribution in [0.5, 0.6) is 0 Å².